The number of aromatic nitrogens is 1. The Morgan fingerprint density at radius 3 is 2.63 bits per heavy atom. The molecule has 7 nitrogen and oxygen atoms in total. The minimum absolute atomic E-state index is 0.165. The summed E-state index contributed by atoms with van der Waals surface area (Å²) in [5, 5.41) is 7.05. The lowest BCUT2D eigenvalue weighted by molar-refractivity contribution is -0.116. The number of hydrogen-bond donors (Lipinski definition) is 1. The van der Waals surface area contributed by atoms with Gasteiger partial charge in [-0.2, -0.15) is 0 Å². The van der Waals surface area contributed by atoms with Gasteiger partial charge in [0.25, 0.3) is 0 Å². The number of fused-ring (bicyclic) bond motifs is 1. The predicted octanol–water partition coefficient (Wildman–Crippen LogP) is 4.68. The Morgan fingerprint density at radius 1 is 1.13 bits per heavy atom. The van der Waals surface area contributed by atoms with E-state index in [0.29, 0.717) is 40.3 Å². The fourth-order valence-corrected chi connectivity index (χ4v) is 3.15. The number of carbonyl (C=O) groups is 1. The van der Waals surface area contributed by atoms with Crippen molar-refractivity contribution in [2.24, 2.45) is 0 Å². The van der Waals surface area contributed by atoms with E-state index in [9.17, 15) is 9.59 Å². The van der Waals surface area contributed by atoms with Crippen molar-refractivity contribution in [3.63, 3.8) is 0 Å². The number of benzene rings is 2. The lowest BCUT2D eigenvalue weighted by atomic mass is 10.1. The Hall–Kier alpha value is -3.58. The molecule has 0 fully saturated rings. The SMILES string of the molecule is COc1ccc(-c2cc(=O)c3ccc(NC(=O)CCc4cc(Cl)no4)cc3o2)cc1. The molecule has 2 heterocycles. The highest BCUT2D eigenvalue weighted by Crippen LogP contribution is 2.26. The molecule has 0 atom stereocenters. The van der Waals surface area contributed by atoms with E-state index < -0.39 is 0 Å². The zero-order valence-electron chi connectivity index (χ0n) is 16.0. The van der Waals surface area contributed by atoms with Crippen molar-refractivity contribution >= 4 is 34.2 Å². The first-order valence-corrected chi connectivity index (χ1v) is 9.53. The van der Waals surface area contributed by atoms with Crippen molar-refractivity contribution in [2.75, 3.05) is 12.4 Å². The minimum Gasteiger partial charge on any atom is -0.497 e. The standard InChI is InChI=1S/C22H17ClN2O5/c1-28-15-5-2-13(3-6-15)19-12-18(26)17-8-4-14(10-20(17)29-19)24-22(27)9-7-16-11-21(23)25-30-16/h2-6,8,10-12H,7,9H2,1H3,(H,24,27). The number of amides is 1. The molecule has 4 rings (SSSR count). The highest BCUT2D eigenvalue weighted by atomic mass is 35.5. The van der Waals surface area contributed by atoms with Crippen LogP contribution in [-0.2, 0) is 11.2 Å². The fraction of sp³-hybridized carbons (Fsp3) is 0.136. The lowest BCUT2D eigenvalue weighted by Crippen LogP contribution is -2.12. The summed E-state index contributed by atoms with van der Waals surface area (Å²) in [6.45, 7) is 0. The molecule has 4 aromatic rings. The second-order valence-corrected chi connectivity index (χ2v) is 6.97. The molecule has 0 aliphatic rings. The zero-order valence-corrected chi connectivity index (χ0v) is 16.7. The number of methoxy groups -OCH3 is 1. The summed E-state index contributed by atoms with van der Waals surface area (Å²) in [6.07, 6.45) is 0.565. The maximum atomic E-state index is 12.5. The van der Waals surface area contributed by atoms with E-state index in [-0.39, 0.29) is 22.9 Å². The molecule has 0 aliphatic carbocycles. The molecule has 0 radical (unpaired) electrons. The largest absolute Gasteiger partial charge is 0.497 e. The third kappa shape index (κ3) is 4.36. The lowest BCUT2D eigenvalue weighted by Gasteiger charge is -2.07. The van der Waals surface area contributed by atoms with Crippen LogP contribution in [0.3, 0.4) is 0 Å². The van der Waals surface area contributed by atoms with Crippen LogP contribution in [0.1, 0.15) is 12.2 Å². The molecule has 0 saturated carbocycles. The summed E-state index contributed by atoms with van der Waals surface area (Å²) in [4.78, 5) is 24.7. The van der Waals surface area contributed by atoms with Crippen LogP contribution in [0.5, 0.6) is 5.75 Å². The molecule has 0 unspecified atom stereocenters. The number of anilines is 1. The van der Waals surface area contributed by atoms with Crippen molar-refractivity contribution in [3.8, 4) is 17.1 Å². The van der Waals surface area contributed by atoms with Crippen molar-refractivity contribution in [1.82, 2.24) is 5.16 Å². The Morgan fingerprint density at radius 2 is 1.93 bits per heavy atom. The van der Waals surface area contributed by atoms with Gasteiger partial charge in [-0.05, 0) is 36.4 Å². The van der Waals surface area contributed by atoms with Crippen LogP contribution in [0.15, 0.2) is 68.3 Å². The van der Waals surface area contributed by atoms with Crippen LogP contribution < -0.4 is 15.5 Å². The first-order chi connectivity index (χ1) is 14.5. The molecule has 0 spiro atoms. The molecule has 0 bridgehead atoms. The molecule has 1 amide bonds. The fourth-order valence-electron chi connectivity index (χ4n) is 3.00. The van der Waals surface area contributed by atoms with Gasteiger partial charge in [-0.3, -0.25) is 9.59 Å². The topological polar surface area (TPSA) is 94.6 Å². The van der Waals surface area contributed by atoms with E-state index in [1.165, 1.54) is 6.07 Å². The summed E-state index contributed by atoms with van der Waals surface area (Å²) in [5.74, 6) is 1.46. The van der Waals surface area contributed by atoms with E-state index >= 15 is 0 Å². The van der Waals surface area contributed by atoms with Gasteiger partial charge in [0.1, 0.15) is 22.9 Å². The molecular weight excluding hydrogens is 408 g/mol. The van der Waals surface area contributed by atoms with Crippen LogP contribution in [0.25, 0.3) is 22.3 Å². The van der Waals surface area contributed by atoms with Crippen LogP contribution in [0, 0.1) is 0 Å². The third-order valence-electron chi connectivity index (χ3n) is 4.52. The van der Waals surface area contributed by atoms with Crippen molar-refractivity contribution < 1.29 is 18.5 Å². The number of aryl methyl sites for hydroxylation is 1. The smallest absolute Gasteiger partial charge is 0.224 e. The Kier molecular flexibility index (Phi) is 5.54. The van der Waals surface area contributed by atoms with Crippen molar-refractivity contribution in [1.29, 1.82) is 0 Å². The van der Waals surface area contributed by atoms with Gasteiger partial charge in [0.05, 0.1) is 12.5 Å². The molecule has 0 aliphatic heterocycles. The van der Waals surface area contributed by atoms with Gasteiger partial charge in [0, 0.05) is 42.3 Å². The number of halogens is 1. The monoisotopic (exact) mass is 424 g/mol. The molecule has 2 aromatic heterocycles. The van der Waals surface area contributed by atoms with Gasteiger partial charge < -0.3 is 19.0 Å². The summed E-state index contributed by atoms with van der Waals surface area (Å²) < 4.78 is 16.1. The van der Waals surface area contributed by atoms with Crippen molar-refractivity contribution in [2.45, 2.75) is 12.8 Å². The van der Waals surface area contributed by atoms with Crippen LogP contribution in [-0.4, -0.2) is 18.2 Å². The number of carbonyl (C=O) groups excluding carboxylic acids is 1. The number of hydrogen-bond acceptors (Lipinski definition) is 6. The van der Waals surface area contributed by atoms with Crippen LogP contribution in [0.4, 0.5) is 5.69 Å². The van der Waals surface area contributed by atoms with Gasteiger partial charge in [-0.25, -0.2) is 0 Å². The van der Waals surface area contributed by atoms with Gasteiger partial charge in [-0.1, -0.05) is 16.8 Å². The number of nitrogens with one attached hydrogen (secondary N) is 1. The molecule has 30 heavy (non-hydrogen) atoms. The maximum Gasteiger partial charge on any atom is 0.224 e. The Balaban J connectivity index is 1.54. The first kappa shape index (κ1) is 19.7. The molecule has 0 saturated heterocycles. The number of nitrogens with zero attached hydrogens (tertiary/aromatic N) is 1. The zero-order chi connectivity index (χ0) is 21.1. The molecule has 8 heteroatoms. The van der Waals surface area contributed by atoms with Gasteiger partial charge in [0.2, 0.25) is 5.91 Å². The first-order valence-electron chi connectivity index (χ1n) is 9.15. The van der Waals surface area contributed by atoms with E-state index in [0.717, 1.165) is 5.56 Å². The second kappa shape index (κ2) is 8.42. The molecular formula is C22H17ClN2O5. The summed E-state index contributed by atoms with van der Waals surface area (Å²) in [7, 11) is 1.58. The number of rotatable bonds is 6. The second-order valence-electron chi connectivity index (χ2n) is 6.58. The van der Waals surface area contributed by atoms with E-state index in [1.54, 1.807) is 43.5 Å². The van der Waals surface area contributed by atoms with E-state index in [4.69, 9.17) is 25.3 Å². The van der Waals surface area contributed by atoms with Crippen molar-refractivity contribution in [3.05, 3.63) is 75.7 Å². The quantitative estimate of drug-likeness (QED) is 0.483. The minimum atomic E-state index is -0.212. The summed E-state index contributed by atoms with van der Waals surface area (Å²) >= 11 is 5.70. The van der Waals surface area contributed by atoms with Crippen LogP contribution >= 0.6 is 11.6 Å². The van der Waals surface area contributed by atoms with Crippen LogP contribution in [0.2, 0.25) is 5.15 Å². The molecule has 2 aromatic carbocycles. The van der Waals surface area contributed by atoms with E-state index in [1.807, 2.05) is 12.1 Å². The van der Waals surface area contributed by atoms with E-state index in [2.05, 4.69) is 10.5 Å². The highest BCUT2D eigenvalue weighted by molar-refractivity contribution is 6.29. The van der Waals surface area contributed by atoms with Gasteiger partial charge >= 0.3 is 0 Å². The average molecular weight is 425 g/mol. The Labute approximate surface area is 176 Å². The highest BCUT2D eigenvalue weighted by Gasteiger charge is 2.11. The summed E-state index contributed by atoms with van der Waals surface area (Å²) in [5.41, 5.74) is 1.49. The normalized spacial score (nSPS) is 10.9. The third-order valence-corrected chi connectivity index (χ3v) is 4.69. The predicted molar refractivity (Wildman–Crippen MR) is 113 cm³/mol. The van der Waals surface area contributed by atoms with Gasteiger partial charge in [0.15, 0.2) is 10.6 Å². The molecule has 152 valence electrons. The molecule has 1 N–H and O–H groups in total. The Bertz CT molecular complexity index is 1260. The average Bonchev–Trinajstić information content (AvgIpc) is 3.17. The summed E-state index contributed by atoms with van der Waals surface area (Å²) in [6, 6.07) is 15.1. The maximum absolute atomic E-state index is 12.5. The van der Waals surface area contributed by atoms with Gasteiger partial charge in [-0.15, -0.1) is 0 Å². The number of ether oxygens (including phenoxy) is 1.